The largest absolute Gasteiger partial charge is 0.337 e. The summed E-state index contributed by atoms with van der Waals surface area (Å²) in [6, 6.07) is 13.2. The van der Waals surface area contributed by atoms with Crippen LogP contribution in [0.15, 0.2) is 42.5 Å². The number of Topliss-reactive ketones (excluding diaryl/α,β-unsaturated/α-hetero) is 1. The molecule has 0 spiro atoms. The van der Waals surface area contributed by atoms with E-state index in [4.69, 9.17) is 0 Å². The smallest absolute Gasteiger partial charge is 0.226 e. The van der Waals surface area contributed by atoms with Crippen molar-refractivity contribution >= 4 is 11.7 Å². The molecule has 1 saturated carbocycles. The highest BCUT2D eigenvalue weighted by Gasteiger charge is 2.33. The molecular formula is C29H37FN2O2. The molecule has 0 unspecified atom stereocenters. The lowest BCUT2D eigenvalue weighted by Gasteiger charge is -2.41. The number of ketones is 1. The van der Waals surface area contributed by atoms with Crippen molar-refractivity contribution in [3.8, 4) is 0 Å². The fourth-order valence-electron chi connectivity index (χ4n) is 5.56. The number of benzene rings is 2. The lowest BCUT2D eigenvalue weighted by molar-refractivity contribution is -0.140. The quantitative estimate of drug-likeness (QED) is 0.560. The second-order valence-corrected chi connectivity index (χ2v) is 10.2. The van der Waals surface area contributed by atoms with Crippen molar-refractivity contribution in [2.45, 2.75) is 71.4 Å². The molecule has 2 fully saturated rings. The van der Waals surface area contributed by atoms with Gasteiger partial charge in [-0.2, -0.15) is 0 Å². The number of halogens is 1. The van der Waals surface area contributed by atoms with E-state index in [1.54, 1.807) is 6.07 Å². The number of hydrogen-bond donors (Lipinski definition) is 0. The maximum atomic E-state index is 14.9. The Kier molecular flexibility index (Phi) is 7.82. The van der Waals surface area contributed by atoms with Crippen molar-refractivity contribution in [2.24, 2.45) is 5.92 Å². The van der Waals surface area contributed by atoms with Crippen LogP contribution >= 0.6 is 0 Å². The predicted octanol–water partition coefficient (Wildman–Crippen LogP) is 5.27. The first-order valence-electron chi connectivity index (χ1n) is 12.7. The molecule has 1 saturated heterocycles. The second-order valence-electron chi connectivity index (χ2n) is 10.2. The fraction of sp³-hybridized carbons (Fsp3) is 0.517. The Morgan fingerprint density at radius 2 is 1.76 bits per heavy atom. The number of hydrogen-bond acceptors (Lipinski definition) is 3. The van der Waals surface area contributed by atoms with Crippen molar-refractivity contribution in [2.75, 3.05) is 19.6 Å². The molecule has 4 nitrogen and oxygen atoms in total. The molecule has 1 amide bonds. The van der Waals surface area contributed by atoms with Crippen LogP contribution in [0.2, 0.25) is 0 Å². The number of piperazine rings is 1. The molecule has 2 atom stereocenters. The molecule has 182 valence electrons. The zero-order chi connectivity index (χ0) is 24.2. The zero-order valence-corrected chi connectivity index (χ0v) is 20.7. The minimum absolute atomic E-state index is 0.127. The molecule has 1 aliphatic heterocycles. The van der Waals surface area contributed by atoms with E-state index in [2.05, 4.69) is 11.8 Å². The number of nitrogens with zero attached hydrogens (tertiary/aromatic N) is 2. The molecule has 5 heteroatoms. The Labute approximate surface area is 203 Å². The SMILES string of the molecule is Cc1c(CC(=O)[C@H](C)c2ccccc2)ccc(F)c1CN1CCN(C(=O)C2CCCC2)[C@@H](C)C1. The lowest BCUT2D eigenvalue weighted by atomic mass is 9.90. The predicted molar refractivity (Wildman–Crippen MR) is 133 cm³/mol. The van der Waals surface area contributed by atoms with E-state index in [0.717, 1.165) is 55.5 Å². The van der Waals surface area contributed by atoms with E-state index < -0.39 is 0 Å². The summed E-state index contributed by atoms with van der Waals surface area (Å²) in [5, 5.41) is 0. The molecule has 4 rings (SSSR count). The van der Waals surface area contributed by atoms with Crippen LogP contribution in [0.1, 0.15) is 67.7 Å². The van der Waals surface area contributed by atoms with Gasteiger partial charge in [-0.3, -0.25) is 14.5 Å². The number of carbonyl (C=O) groups is 2. The molecule has 2 aliphatic rings. The van der Waals surface area contributed by atoms with Crippen LogP contribution in [0.3, 0.4) is 0 Å². The number of carbonyl (C=O) groups excluding carboxylic acids is 2. The van der Waals surface area contributed by atoms with Crippen molar-refractivity contribution in [1.82, 2.24) is 9.80 Å². The Balaban J connectivity index is 1.41. The first-order chi connectivity index (χ1) is 16.3. The summed E-state index contributed by atoms with van der Waals surface area (Å²) < 4.78 is 14.9. The van der Waals surface area contributed by atoms with Gasteiger partial charge in [0.2, 0.25) is 5.91 Å². The summed E-state index contributed by atoms with van der Waals surface area (Å²) in [6.45, 7) is 8.65. The first kappa shape index (κ1) is 24.6. The molecule has 2 aromatic carbocycles. The van der Waals surface area contributed by atoms with Crippen LogP contribution in [0, 0.1) is 18.7 Å². The molecule has 0 aromatic heterocycles. The topological polar surface area (TPSA) is 40.6 Å². The number of amides is 1. The normalized spacial score (nSPS) is 20.5. The molecule has 34 heavy (non-hydrogen) atoms. The summed E-state index contributed by atoms with van der Waals surface area (Å²) in [7, 11) is 0. The van der Waals surface area contributed by atoms with Gasteiger partial charge in [-0.25, -0.2) is 4.39 Å². The van der Waals surface area contributed by atoms with Gasteiger partial charge in [-0.15, -0.1) is 0 Å². The Bertz CT molecular complexity index is 1020. The van der Waals surface area contributed by atoms with E-state index in [9.17, 15) is 14.0 Å². The average molecular weight is 465 g/mol. The third-order valence-electron chi connectivity index (χ3n) is 7.88. The van der Waals surface area contributed by atoms with Crippen molar-refractivity contribution < 1.29 is 14.0 Å². The molecule has 1 heterocycles. The Hall–Kier alpha value is -2.53. The van der Waals surface area contributed by atoms with Gasteiger partial charge in [-0.05, 0) is 49.4 Å². The van der Waals surface area contributed by atoms with Crippen LogP contribution in [0.5, 0.6) is 0 Å². The standard InChI is InChI=1S/C29H37FN2O2/c1-20-18-31(15-16-32(20)29(34)24-11-7-8-12-24)19-26-21(2)25(13-14-27(26)30)17-28(33)22(3)23-9-5-4-6-10-23/h4-6,9-10,13-14,20,22,24H,7-8,11-12,15-19H2,1-3H3/t20-,22+/m0/s1. The van der Waals surface area contributed by atoms with Crippen LogP contribution in [0.25, 0.3) is 0 Å². The van der Waals surface area contributed by atoms with Crippen LogP contribution in [-0.4, -0.2) is 47.2 Å². The lowest BCUT2D eigenvalue weighted by Crippen LogP contribution is -2.54. The highest BCUT2D eigenvalue weighted by Crippen LogP contribution is 2.29. The monoisotopic (exact) mass is 464 g/mol. The average Bonchev–Trinajstić information content (AvgIpc) is 3.38. The first-order valence-corrected chi connectivity index (χ1v) is 12.7. The highest BCUT2D eigenvalue weighted by molar-refractivity contribution is 5.87. The van der Waals surface area contributed by atoms with E-state index in [1.165, 1.54) is 6.07 Å². The summed E-state index contributed by atoms with van der Waals surface area (Å²) in [4.78, 5) is 30.1. The fourth-order valence-corrected chi connectivity index (χ4v) is 5.56. The summed E-state index contributed by atoms with van der Waals surface area (Å²) >= 11 is 0. The van der Waals surface area contributed by atoms with Crippen LogP contribution in [-0.2, 0) is 22.6 Å². The van der Waals surface area contributed by atoms with Gasteiger partial charge in [0.1, 0.15) is 11.6 Å². The van der Waals surface area contributed by atoms with Gasteiger partial charge >= 0.3 is 0 Å². The van der Waals surface area contributed by atoms with E-state index in [-0.39, 0.29) is 29.5 Å². The minimum Gasteiger partial charge on any atom is -0.337 e. The van der Waals surface area contributed by atoms with Crippen molar-refractivity contribution in [3.05, 3.63) is 70.5 Å². The Morgan fingerprint density at radius 1 is 1.06 bits per heavy atom. The maximum Gasteiger partial charge on any atom is 0.226 e. The van der Waals surface area contributed by atoms with Gasteiger partial charge in [0.15, 0.2) is 0 Å². The summed E-state index contributed by atoms with van der Waals surface area (Å²) in [6.07, 6.45) is 4.66. The molecule has 1 aliphatic carbocycles. The van der Waals surface area contributed by atoms with Gasteiger partial charge in [0, 0.05) is 56.0 Å². The van der Waals surface area contributed by atoms with E-state index in [0.29, 0.717) is 31.0 Å². The van der Waals surface area contributed by atoms with Gasteiger partial charge in [0.25, 0.3) is 0 Å². The molecular weight excluding hydrogens is 427 g/mol. The summed E-state index contributed by atoms with van der Waals surface area (Å²) in [5.41, 5.74) is 3.44. The molecule has 0 N–H and O–H groups in total. The van der Waals surface area contributed by atoms with Crippen molar-refractivity contribution in [3.63, 3.8) is 0 Å². The summed E-state index contributed by atoms with van der Waals surface area (Å²) in [5.74, 6) is 0.225. The van der Waals surface area contributed by atoms with Gasteiger partial charge in [0.05, 0.1) is 0 Å². The van der Waals surface area contributed by atoms with E-state index in [1.807, 2.05) is 49.1 Å². The maximum absolute atomic E-state index is 14.9. The van der Waals surface area contributed by atoms with E-state index >= 15 is 0 Å². The molecule has 0 radical (unpaired) electrons. The van der Waals surface area contributed by atoms with Crippen molar-refractivity contribution in [1.29, 1.82) is 0 Å². The van der Waals surface area contributed by atoms with Crippen LogP contribution < -0.4 is 0 Å². The number of rotatable bonds is 7. The zero-order valence-electron chi connectivity index (χ0n) is 20.7. The minimum atomic E-state index is -0.220. The second kappa shape index (κ2) is 10.8. The Morgan fingerprint density at radius 3 is 2.44 bits per heavy atom. The molecule has 2 aromatic rings. The molecule has 0 bridgehead atoms. The van der Waals surface area contributed by atoms with Crippen LogP contribution in [0.4, 0.5) is 4.39 Å². The third kappa shape index (κ3) is 5.41. The highest BCUT2D eigenvalue weighted by atomic mass is 19.1. The van der Waals surface area contributed by atoms with Gasteiger partial charge in [-0.1, -0.05) is 56.2 Å². The van der Waals surface area contributed by atoms with Gasteiger partial charge < -0.3 is 4.90 Å². The third-order valence-corrected chi connectivity index (χ3v) is 7.88.